The summed E-state index contributed by atoms with van der Waals surface area (Å²) >= 11 is 0. The monoisotopic (exact) mass is 395 g/mol. The van der Waals surface area contributed by atoms with E-state index >= 15 is 0 Å². The second-order valence-corrected chi connectivity index (χ2v) is 7.11. The topological polar surface area (TPSA) is 59.0 Å². The Morgan fingerprint density at radius 1 is 1.24 bits per heavy atom. The highest BCUT2D eigenvalue weighted by molar-refractivity contribution is 6.00. The first-order chi connectivity index (χ1) is 14.1. The van der Waals surface area contributed by atoms with Gasteiger partial charge in [-0.2, -0.15) is 0 Å². The van der Waals surface area contributed by atoms with Gasteiger partial charge in [0, 0.05) is 25.2 Å². The predicted octanol–water partition coefficient (Wildman–Crippen LogP) is 4.04. The number of esters is 1. The highest BCUT2D eigenvalue weighted by Crippen LogP contribution is 2.34. The van der Waals surface area contributed by atoms with Crippen LogP contribution in [0.3, 0.4) is 0 Å². The SMILES string of the molecule is COC(=O)c1cc2ccccc2c(CN2CCOC(c3ccc(F)cc3)C2)c1O. The van der Waals surface area contributed by atoms with Gasteiger partial charge in [-0.25, -0.2) is 9.18 Å². The van der Waals surface area contributed by atoms with E-state index in [2.05, 4.69) is 4.90 Å². The molecule has 4 rings (SSSR count). The van der Waals surface area contributed by atoms with Gasteiger partial charge in [-0.15, -0.1) is 0 Å². The lowest BCUT2D eigenvalue weighted by molar-refractivity contribution is -0.0330. The van der Waals surface area contributed by atoms with Gasteiger partial charge < -0.3 is 14.6 Å². The minimum atomic E-state index is -0.569. The Labute approximate surface area is 168 Å². The van der Waals surface area contributed by atoms with Gasteiger partial charge in [0.1, 0.15) is 17.1 Å². The third-order valence-electron chi connectivity index (χ3n) is 5.31. The van der Waals surface area contributed by atoms with Crippen LogP contribution < -0.4 is 0 Å². The molecule has 1 aliphatic heterocycles. The van der Waals surface area contributed by atoms with Crippen molar-refractivity contribution in [3.8, 4) is 5.75 Å². The van der Waals surface area contributed by atoms with Crippen LogP contribution in [0.2, 0.25) is 0 Å². The number of carbonyl (C=O) groups is 1. The quantitative estimate of drug-likeness (QED) is 0.676. The van der Waals surface area contributed by atoms with Gasteiger partial charge in [0.2, 0.25) is 0 Å². The molecule has 29 heavy (non-hydrogen) atoms. The summed E-state index contributed by atoms with van der Waals surface area (Å²) in [7, 11) is 1.30. The number of fused-ring (bicyclic) bond motifs is 1. The summed E-state index contributed by atoms with van der Waals surface area (Å²) in [5.74, 6) is -0.904. The zero-order chi connectivity index (χ0) is 20.4. The summed E-state index contributed by atoms with van der Waals surface area (Å²) in [5, 5.41) is 12.6. The van der Waals surface area contributed by atoms with Gasteiger partial charge in [-0.1, -0.05) is 36.4 Å². The molecule has 1 fully saturated rings. The number of halogens is 1. The van der Waals surface area contributed by atoms with E-state index in [9.17, 15) is 14.3 Å². The second kappa shape index (κ2) is 8.19. The molecule has 0 amide bonds. The number of morpholine rings is 1. The van der Waals surface area contributed by atoms with E-state index in [1.165, 1.54) is 19.2 Å². The molecule has 1 saturated heterocycles. The van der Waals surface area contributed by atoms with Crippen molar-refractivity contribution in [2.75, 3.05) is 26.8 Å². The van der Waals surface area contributed by atoms with Crippen LogP contribution in [0.4, 0.5) is 4.39 Å². The molecule has 1 aliphatic rings. The summed E-state index contributed by atoms with van der Waals surface area (Å²) in [6, 6.07) is 15.6. The summed E-state index contributed by atoms with van der Waals surface area (Å²) in [5.41, 5.74) is 1.75. The molecule has 5 nitrogen and oxygen atoms in total. The maximum atomic E-state index is 13.2. The first kappa shape index (κ1) is 19.4. The highest BCUT2D eigenvalue weighted by Gasteiger charge is 2.25. The van der Waals surface area contributed by atoms with Crippen LogP contribution in [-0.2, 0) is 16.0 Å². The predicted molar refractivity (Wildman–Crippen MR) is 107 cm³/mol. The number of phenolic OH excluding ortho intramolecular Hbond substituents is 1. The molecule has 1 atom stereocenters. The lowest BCUT2D eigenvalue weighted by Gasteiger charge is -2.33. The van der Waals surface area contributed by atoms with Crippen LogP contribution in [-0.4, -0.2) is 42.8 Å². The van der Waals surface area contributed by atoms with Gasteiger partial charge in [0.05, 0.1) is 19.8 Å². The van der Waals surface area contributed by atoms with Crippen LogP contribution >= 0.6 is 0 Å². The Kier molecular flexibility index (Phi) is 5.47. The normalized spacial score (nSPS) is 17.4. The van der Waals surface area contributed by atoms with Gasteiger partial charge in [-0.3, -0.25) is 4.90 Å². The molecule has 1 heterocycles. The summed E-state index contributed by atoms with van der Waals surface area (Å²) in [4.78, 5) is 14.3. The number of rotatable bonds is 4. The number of ether oxygens (including phenoxy) is 2. The molecular weight excluding hydrogens is 373 g/mol. The molecule has 6 heteroatoms. The fourth-order valence-corrected chi connectivity index (χ4v) is 3.79. The second-order valence-electron chi connectivity index (χ2n) is 7.11. The average molecular weight is 395 g/mol. The largest absolute Gasteiger partial charge is 0.507 e. The molecule has 0 spiro atoms. The van der Waals surface area contributed by atoms with E-state index in [0.29, 0.717) is 31.8 Å². The molecule has 150 valence electrons. The lowest BCUT2D eigenvalue weighted by atomic mass is 9.98. The summed E-state index contributed by atoms with van der Waals surface area (Å²) in [6.45, 7) is 2.27. The Hall–Kier alpha value is -2.96. The number of aromatic hydroxyl groups is 1. The number of hydrogen-bond donors (Lipinski definition) is 1. The zero-order valence-electron chi connectivity index (χ0n) is 16.1. The maximum absolute atomic E-state index is 13.2. The van der Waals surface area contributed by atoms with Gasteiger partial charge in [-0.05, 0) is 34.5 Å². The van der Waals surface area contributed by atoms with Crippen molar-refractivity contribution in [3.05, 3.63) is 77.1 Å². The first-order valence-electron chi connectivity index (χ1n) is 9.48. The van der Waals surface area contributed by atoms with Crippen molar-refractivity contribution in [1.29, 1.82) is 0 Å². The van der Waals surface area contributed by atoms with E-state index in [-0.39, 0.29) is 23.2 Å². The van der Waals surface area contributed by atoms with Crippen molar-refractivity contribution in [2.45, 2.75) is 12.6 Å². The van der Waals surface area contributed by atoms with E-state index in [1.54, 1.807) is 18.2 Å². The minimum Gasteiger partial charge on any atom is -0.507 e. The van der Waals surface area contributed by atoms with E-state index in [1.807, 2.05) is 24.3 Å². The number of benzene rings is 3. The summed E-state index contributed by atoms with van der Waals surface area (Å²) < 4.78 is 23.9. The molecule has 0 aliphatic carbocycles. The van der Waals surface area contributed by atoms with Gasteiger partial charge in [0.15, 0.2) is 0 Å². The van der Waals surface area contributed by atoms with E-state index < -0.39 is 5.97 Å². The Morgan fingerprint density at radius 2 is 2.00 bits per heavy atom. The van der Waals surface area contributed by atoms with Crippen LogP contribution in [0.25, 0.3) is 10.8 Å². The Morgan fingerprint density at radius 3 is 2.76 bits per heavy atom. The van der Waals surface area contributed by atoms with Crippen molar-refractivity contribution in [1.82, 2.24) is 4.90 Å². The van der Waals surface area contributed by atoms with Crippen LogP contribution in [0, 0.1) is 5.82 Å². The molecule has 0 aromatic heterocycles. The minimum absolute atomic E-state index is 0.0552. The molecule has 3 aromatic rings. The van der Waals surface area contributed by atoms with E-state index in [4.69, 9.17) is 9.47 Å². The molecular formula is C23H22FNO4. The number of phenols is 1. The standard InChI is InChI=1S/C23H22FNO4/c1-28-23(27)19-12-16-4-2-3-5-18(16)20(22(19)26)13-25-10-11-29-21(14-25)15-6-8-17(24)9-7-15/h2-9,12,21,26H,10-11,13-14H2,1H3. The number of hydrogen-bond acceptors (Lipinski definition) is 5. The third kappa shape index (κ3) is 3.95. The molecule has 0 saturated carbocycles. The highest BCUT2D eigenvalue weighted by atomic mass is 19.1. The Bertz CT molecular complexity index is 1030. The van der Waals surface area contributed by atoms with Gasteiger partial charge >= 0.3 is 5.97 Å². The molecule has 3 aromatic carbocycles. The van der Waals surface area contributed by atoms with Crippen LogP contribution in [0.5, 0.6) is 5.75 Å². The van der Waals surface area contributed by atoms with Crippen molar-refractivity contribution < 1.29 is 23.8 Å². The van der Waals surface area contributed by atoms with E-state index in [0.717, 1.165) is 16.3 Å². The molecule has 0 bridgehead atoms. The van der Waals surface area contributed by atoms with Gasteiger partial charge in [0.25, 0.3) is 0 Å². The van der Waals surface area contributed by atoms with Crippen LogP contribution in [0.15, 0.2) is 54.6 Å². The van der Waals surface area contributed by atoms with Crippen LogP contribution in [0.1, 0.15) is 27.6 Å². The molecule has 0 radical (unpaired) electrons. The number of methoxy groups -OCH3 is 1. The fourth-order valence-electron chi connectivity index (χ4n) is 3.79. The summed E-state index contributed by atoms with van der Waals surface area (Å²) in [6.07, 6.45) is -0.179. The van der Waals surface area contributed by atoms with Crippen molar-refractivity contribution >= 4 is 16.7 Å². The first-order valence-corrected chi connectivity index (χ1v) is 9.48. The molecule has 1 N–H and O–H groups in total. The van der Waals surface area contributed by atoms with Crippen molar-refractivity contribution in [2.24, 2.45) is 0 Å². The number of nitrogens with zero attached hydrogens (tertiary/aromatic N) is 1. The fraction of sp³-hybridized carbons (Fsp3) is 0.261. The maximum Gasteiger partial charge on any atom is 0.341 e. The molecule has 1 unspecified atom stereocenters. The third-order valence-corrected chi connectivity index (χ3v) is 5.31. The number of carbonyl (C=O) groups excluding carboxylic acids is 1. The lowest BCUT2D eigenvalue weighted by Crippen LogP contribution is -2.37. The Balaban J connectivity index is 1.65. The van der Waals surface area contributed by atoms with Crippen molar-refractivity contribution in [3.63, 3.8) is 0 Å². The average Bonchev–Trinajstić information content (AvgIpc) is 2.75. The smallest absolute Gasteiger partial charge is 0.341 e. The zero-order valence-corrected chi connectivity index (χ0v) is 16.1.